The zero-order chi connectivity index (χ0) is 21.5. The molecule has 0 radical (unpaired) electrons. The number of carbonyl (C=O) groups excluding carboxylic acids is 1. The Hall–Kier alpha value is -4.21. The highest BCUT2D eigenvalue weighted by Gasteiger charge is 2.21. The Morgan fingerprint density at radius 1 is 1.10 bits per heavy atom. The van der Waals surface area contributed by atoms with Crippen LogP contribution in [0, 0.1) is 10.1 Å². The zero-order valence-electron chi connectivity index (χ0n) is 15.9. The van der Waals surface area contributed by atoms with Crippen molar-refractivity contribution in [3.63, 3.8) is 0 Å². The van der Waals surface area contributed by atoms with Gasteiger partial charge in [-0.05, 0) is 30.3 Å². The predicted octanol–water partition coefficient (Wildman–Crippen LogP) is 2.46. The summed E-state index contributed by atoms with van der Waals surface area (Å²) >= 11 is 0. The largest absolute Gasteiger partial charge is 0.496 e. The van der Waals surface area contributed by atoms with Crippen LogP contribution in [0.1, 0.15) is 10.5 Å². The summed E-state index contributed by atoms with van der Waals surface area (Å²) in [7, 11) is 1.36. The van der Waals surface area contributed by atoms with Gasteiger partial charge >= 0.3 is 11.7 Å². The summed E-state index contributed by atoms with van der Waals surface area (Å²) in [6.07, 6.45) is 0. The normalized spacial score (nSPS) is 10.3. The van der Waals surface area contributed by atoms with Gasteiger partial charge in [0.25, 0.3) is 5.56 Å². The van der Waals surface area contributed by atoms with Gasteiger partial charge in [0.15, 0.2) is 5.69 Å². The standard InChI is InChI=1S/C20H17N3O7/c1-28-15-7-9-18(17(13-15)23(26)27)30-20(25)16-8-10-19(24)22(21-16)11-12-29-14-5-3-2-4-6-14/h2-10,13H,11-12H2,1H3. The van der Waals surface area contributed by atoms with Crippen molar-refractivity contribution in [3.05, 3.63) is 86.8 Å². The van der Waals surface area contributed by atoms with E-state index in [0.717, 1.165) is 16.8 Å². The number of nitro groups is 1. The smallest absolute Gasteiger partial charge is 0.364 e. The molecule has 0 aliphatic carbocycles. The summed E-state index contributed by atoms with van der Waals surface area (Å²) in [5.41, 5.74) is -1.05. The summed E-state index contributed by atoms with van der Waals surface area (Å²) in [5.74, 6) is -0.335. The average molecular weight is 411 g/mol. The van der Waals surface area contributed by atoms with Gasteiger partial charge in [0.1, 0.15) is 18.1 Å². The van der Waals surface area contributed by atoms with Crippen LogP contribution in [0.3, 0.4) is 0 Å². The fraction of sp³-hybridized carbons (Fsp3) is 0.150. The average Bonchev–Trinajstić information content (AvgIpc) is 2.75. The number of hydrogen-bond donors (Lipinski definition) is 0. The topological polar surface area (TPSA) is 123 Å². The van der Waals surface area contributed by atoms with Gasteiger partial charge in [-0.1, -0.05) is 18.2 Å². The third-order valence-electron chi connectivity index (χ3n) is 3.96. The quantitative estimate of drug-likeness (QED) is 0.240. The molecule has 0 spiro atoms. The third-order valence-corrected chi connectivity index (χ3v) is 3.96. The molecule has 30 heavy (non-hydrogen) atoms. The summed E-state index contributed by atoms with van der Waals surface area (Å²) < 4.78 is 16.6. The van der Waals surface area contributed by atoms with E-state index in [4.69, 9.17) is 14.2 Å². The lowest BCUT2D eigenvalue weighted by atomic mass is 10.3. The van der Waals surface area contributed by atoms with Crippen molar-refractivity contribution >= 4 is 11.7 Å². The van der Waals surface area contributed by atoms with Crippen LogP contribution in [-0.4, -0.2) is 34.4 Å². The highest BCUT2D eigenvalue weighted by atomic mass is 16.6. The van der Waals surface area contributed by atoms with Crippen LogP contribution >= 0.6 is 0 Å². The fourth-order valence-electron chi connectivity index (χ4n) is 2.49. The first-order valence-corrected chi connectivity index (χ1v) is 8.78. The molecule has 0 unspecified atom stereocenters. The number of carbonyl (C=O) groups is 1. The SMILES string of the molecule is COc1ccc(OC(=O)c2ccc(=O)n(CCOc3ccccc3)n2)c([N+](=O)[O-])c1. The van der Waals surface area contributed by atoms with E-state index in [1.54, 1.807) is 12.1 Å². The minimum absolute atomic E-state index is 0.0948. The van der Waals surface area contributed by atoms with Crippen molar-refractivity contribution in [2.24, 2.45) is 0 Å². The molecule has 0 fully saturated rings. The molecule has 10 nitrogen and oxygen atoms in total. The van der Waals surface area contributed by atoms with Gasteiger partial charge in [-0.3, -0.25) is 14.9 Å². The van der Waals surface area contributed by atoms with E-state index >= 15 is 0 Å². The Balaban J connectivity index is 1.73. The molecular weight excluding hydrogens is 394 g/mol. The van der Waals surface area contributed by atoms with Gasteiger partial charge in [0.2, 0.25) is 5.75 Å². The molecule has 0 N–H and O–H groups in total. The molecule has 3 rings (SSSR count). The number of nitro benzene ring substituents is 1. The number of para-hydroxylation sites is 1. The van der Waals surface area contributed by atoms with Crippen molar-refractivity contribution in [1.82, 2.24) is 9.78 Å². The lowest BCUT2D eigenvalue weighted by Crippen LogP contribution is -2.27. The maximum atomic E-state index is 12.4. The highest BCUT2D eigenvalue weighted by molar-refractivity contribution is 5.89. The lowest BCUT2D eigenvalue weighted by Gasteiger charge is -2.09. The number of aromatic nitrogens is 2. The Morgan fingerprint density at radius 2 is 1.87 bits per heavy atom. The number of methoxy groups -OCH3 is 1. The second-order valence-corrected chi connectivity index (χ2v) is 5.92. The van der Waals surface area contributed by atoms with E-state index in [0.29, 0.717) is 5.75 Å². The Bertz CT molecular complexity index is 1110. The summed E-state index contributed by atoms with van der Waals surface area (Å²) in [6, 6.07) is 15.2. The van der Waals surface area contributed by atoms with Gasteiger partial charge in [-0.25, -0.2) is 9.48 Å². The maximum Gasteiger partial charge on any atom is 0.364 e. The molecule has 1 heterocycles. The molecule has 0 aliphatic rings. The highest BCUT2D eigenvalue weighted by Crippen LogP contribution is 2.31. The molecule has 3 aromatic rings. The molecular formula is C20H17N3O7. The summed E-state index contributed by atoms with van der Waals surface area (Å²) in [6.45, 7) is 0.247. The molecule has 2 aromatic carbocycles. The molecule has 154 valence electrons. The van der Waals surface area contributed by atoms with Crippen molar-refractivity contribution in [2.75, 3.05) is 13.7 Å². The van der Waals surface area contributed by atoms with Crippen LogP contribution in [0.25, 0.3) is 0 Å². The maximum absolute atomic E-state index is 12.4. The molecule has 0 saturated carbocycles. The Morgan fingerprint density at radius 3 is 2.57 bits per heavy atom. The van der Waals surface area contributed by atoms with Gasteiger partial charge in [0, 0.05) is 6.07 Å². The fourth-order valence-corrected chi connectivity index (χ4v) is 2.49. The van der Waals surface area contributed by atoms with E-state index in [1.165, 1.54) is 25.3 Å². The van der Waals surface area contributed by atoms with Gasteiger partial charge in [-0.2, -0.15) is 5.10 Å². The monoisotopic (exact) mass is 411 g/mol. The third kappa shape index (κ3) is 4.98. The minimum Gasteiger partial charge on any atom is -0.496 e. The number of benzene rings is 2. The second kappa shape index (κ2) is 9.32. The molecule has 1 aromatic heterocycles. The first kappa shape index (κ1) is 20.5. The Labute approximate surface area is 170 Å². The van der Waals surface area contributed by atoms with Crippen LogP contribution in [0.15, 0.2) is 65.5 Å². The molecule has 0 saturated heterocycles. The van der Waals surface area contributed by atoms with E-state index in [2.05, 4.69) is 5.10 Å². The van der Waals surface area contributed by atoms with Crippen LogP contribution in [0.2, 0.25) is 0 Å². The molecule has 10 heteroatoms. The Kier molecular flexibility index (Phi) is 6.38. The van der Waals surface area contributed by atoms with Crippen LogP contribution in [0.4, 0.5) is 5.69 Å². The van der Waals surface area contributed by atoms with E-state index < -0.39 is 22.1 Å². The number of hydrogen-bond acceptors (Lipinski definition) is 8. The number of nitrogens with zero attached hydrogens (tertiary/aromatic N) is 3. The number of esters is 1. The first-order valence-electron chi connectivity index (χ1n) is 8.78. The summed E-state index contributed by atoms with van der Waals surface area (Å²) in [5, 5.41) is 15.2. The first-order chi connectivity index (χ1) is 14.5. The van der Waals surface area contributed by atoms with Crippen molar-refractivity contribution in [3.8, 4) is 17.2 Å². The van der Waals surface area contributed by atoms with E-state index in [9.17, 15) is 19.7 Å². The molecule has 0 amide bonds. The van der Waals surface area contributed by atoms with E-state index in [1.807, 2.05) is 18.2 Å². The lowest BCUT2D eigenvalue weighted by molar-refractivity contribution is -0.385. The van der Waals surface area contributed by atoms with Gasteiger partial charge < -0.3 is 14.2 Å². The molecule has 0 atom stereocenters. The minimum atomic E-state index is -0.944. The predicted molar refractivity (Wildman–Crippen MR) is 105 cm³/mol. The number of rotatable bonds is 8. The molecule has 0 bridgehead atoms. The van der Waals surface area contributed by atoms with Gasteiger partial charge in [0.05, 0.1) is 24.6 Å². The van der Waals surface area contributed by atoms with Crippen LogP contribution < -0.4 is 19.8 Å². The van der Waals surface area contributed by atoms with Crippen molar-refractivity contribution < 1.29 is 23.9 Å². The van der Waals surface area contributed by atoms with Crippen LogP contribution in [0.5, 0.6) is 17.2 Å². The van der Waals surface area contributed by atoms with Crippen molar-refractivity contribution in [2.45, 2.75) is 6.54 Å². The van der Waals surface area contributed by atoms with Crippen LogP contribution in [-0.2, 0) is 6.54 Å². The zero-order valence-corrected chi connectivity index (χ0v) is 15.9. The molecule has 0 aliphatic heterocycles. The van der Waals surface area contributed by atoms with Gasteiger partial charge in [-0.15, -0.1) is 0 Å². The van der Waals surface area contributed by atoms with Crippen molar-refractivity contribution in [1.29, 1.82) is 0 Å². The van der Waals surface area contributed by atoms with E-state index in [-0.39, 0.29) is 30.3 Å². The number of ether oxygens (including phenoxy) is 3. The summed E-state index contributed by atoms with van der Waals surface area (Å²) in [4.78, 5) is 34.9. The second-order valence-electron chi connectivity index (χ2n) is 5.92.